The number of rotatable bonds is 7. The third-order valence-corrected chi connectivity index (χ3v) is 6.93. The van der Waals surface area contributed by atoms with Crippen molar-refractivity contribution in [3.05, 3.63) is 28.7 Å². The number of piperidine rings is 1. The van der Waals surface area contributed by atoms with Gasteiger partial charge in [-0.05, 0) is 44.0 Å². The second kappa shape index (κ2) is 10.9. The molecule has 2 fully saturated rings. The smallest absolute Gasteiger partial charge is 0.441 e. The summed E-state index contributed by atoms with van der Waals surface area (Å²) in [7, 11) is 3.53. The van der Waals surface area contributed by atoms with Crippen LogP contribution in [0, 0.1) is 23.2 Å². The number of ether oxygens (including phenoxy) is 1. The van der Waals surface area contributed by atoms with E-state index in [4.69, 9.17) is 9.15 Å². The number of amides is 1. The summed E-state index contributed by atoms with van der Waals surface area (Å²) >= 11 is 0. The summed E-state index contributed by atoms with van der Waals surface area (Å²) in [6, 6.07) is 6.80. The number of benzene rings is 1. The molecule has 2 aliphatic rings. The fraction of sp³-hybridized carbons (Fsp3) is 0.600. The molecule has 2 unspecified atom stereocenters. The third kappa shape index (κ3) is 5.86. The first kappa shape index (κ1) is 24.0. The Labute approximate surface area is 199 Å². The summed E-state index contributed by atoms with van der Waals surface area (Å²) in [4.78, 5) is 31.8. The van der Waals surface area contributed by atoms with Gasteiger partial charge in [-0.3, -0.25) is 4.79 Å². The van der Waals surface area contributed by atoms with E-state index in [0.717, 1.165) is 12.8 Å². The van der Waals surface area contributed by atoms with Crippen molar-refractivity contribution in [3.63, 3.8) is 0 Å². The van der Waals surface area contributed by atoms with Gasteiger partial charge in [0.05, 0.1) is 24.5 Å². The molecule has 34 heavy (non-hydrogen) atoms. The number of methoxy groups -OCH3 is 1. The Kier molecular flexibility index (Phi) is 7.68. The maximum atomic E-state index is 13.5. The van der Waals surface area contributed by atoms with Crippen molar-refractivity contribution in [3.8, 4) is 11.8 Å². The van der Waals surface area contributed by atoms with E-state index in [9.17, 15) is 14.9 Å². The number of fused-ring (bicyclic) bond motifs is 1. The van der Waals surface area contributed by atoms with Crippen LogP contribution in [-0.4, -0.2) is 55.1 Å². The first-order chi connectivity index (χ1) is 16.4. The lowest BCUT2D eigenvalue weighted by atomic mass is 9.84. The van der Waals surface area contributed by atoms with Gasteiger partial charge in [-0.25, -0.2) is 4.79 Å². The van der Waals surface area contributed by atoms with E-state index in [1.54, 1.807) is 25.3 Å². The highest BCUT2D eigenvalue weighted by molar-refractivity contribution is 5.92. The van der Waals surface area contributed by atoms with Gasteiger partial charge in [0.2, 0.25) is 5.91 Å². The molecule has 4 rings (SSSR count). The van der Waals surface area contributed by atoms with Crippen molar-refractivity contribution in [2.75, 3.05) is 32.6 Å². The lowest BCUT2D eigenvalue weighted by Gasteiger charge is -2.34. The van der Waals surface area contributed by atoms with Crippen molar-refractivity contribution >= 4 is 22.7 Å². The minimum Gasteiger partial charge on any atom is -0.497 e. The summed E-state index contributed by atoms with van der Waals surface area (Å²) < 4.78 is 10.6. The number of anilines is 1. The molecule has 2 heterocycles. The highest BCUT2D eigenvalue weighted by Gasteiger charge is 2.31. The molecule has 0 spiro atoms. The number of likely N-dealkylation sites (N-methyl/N-ethyl adjacent to an activating group) is 1. The van der Waals surface area contributed by atoms with Gasteiger partial charge < -0.3 is 24.7 Å². The molecule has 0 radical (unpaired) electrons. The van der Waals surface area contributed by atoms with Crippen LogP contribution in [0.3, 0.4) is 0 Å². The van der Waals surface area contributed by atoms with E-state index in [-0.39, 0.29) is 17.9 Å². The summed E-state index contributed by atoms with van der Waals surface area (Å²) in [5.41, 5.74) is 0.380. The number of hydrogen-bond donors (Lipinski definition) is 2. The minimum absolute atomic E-state index is 0.0998. The standard InChI is InChI=1S/C25H33N5O4/c1-30-14-17(13-26)10-18(15-30)27-24(31)21(11-16-6-4-3-5-7-16)28-23-20-12-19(33-2)8-9-22(20)34-25(32)29-23/h8-9,12,16-18,21H,3-7,10-11,14-15H2,1-2H3,(H,27,31)(H,28,29,32)/t17?,18?,21-/m0/s1. The van der Waals surface area contributed by atoms with E-state index in [2.05, 4.69) is 26.6 Å². The third-order valence-electron chi connectivity index (χ3n) is 6.93. The van der Waals surface area contributed by atoms with E-state index >= 15 is 0 Å². The number of carbonyl (C=O) groups is 1. The van der Waals surface area contributed by atoms with Gasteiger partial charge in [-0.1, -0.05) is 32.1 Å². The lowest BCUT2D eigenvalue weighted by molar-refractivity contribution is -0.123. The van der Waals surface area contributed by atoms with E-state index in [0.29, 0.717) is 54.4 Å². The zero-order chi connectivity index (χ0) is 24.1. The number of nitrogens with zero attached hydrogens (tertiary/aromatic N) is 3. The predicted octanol–water partition coefficient (Wildman–Crippen LogP) is 2.91. The molecule has 1 aromatic heterocycles. The Morgan fingerprint density at radius 2 is 2.12 bits per heavy atom. The molecule has 0 bridgehead atoms. The summed E-state index contributed by atoms with van der Waals surface area (Å²) in [5.74, 6) is 0.393. The van der Waals surface area contributed by atoms with Gasteiger partial charge in [0.1, 0.15) is 23.2 Å². The number of hydrogen-bond acceptors (Lipinski definition) is 8. The molecule has 1 aromatic carbocycles. The molecule has 1 saturated carbocycles. The molecule has 1 aliphatic carbocycles. The number of nitriles is 1. The number of aromatic nitrogens is 1. The Balaban J connectivity index is 1.59. The largest absolute Gasteiger partial charge is 0.497 e. The van der Waals surface area contributed by atoms with E-state index in [1.165, 1.54) is 19.3 Å². The van der Waals surface area contributed by atoms with E-state index in [1.807, 2.05) is 7.05 Å². The molecule has 1 saturated heterocycles. The van der Waals surface area contributed by atoms with Gasteiger partial charge in [0, 0.05) is 19.1 Å². The van der Waals surface area contributed by atoms with Crippen LogP contribution in [0.5, 0.6) is 5.75 Å². The molecule has 1 aliphatic heterocycles. The van der Waals surface area contributed by atoms with Gasteiger partial charge >= 0.3 is 5.76 Å². The van der Waals surface area contributed by atoms with Crippen LogP contribution in [0.25, 0.3) is 11.0 Å². The topological polar surface area (TPSA) is 120 Å². The molecule has 9 nitrogen and oxygen atoms in total. The van der Waals surface area contributed by atoms with Crippen molar-refractivity contribution in [2.24, 2.45) is 11.8 Å². The molecular formula is C25H33N5O4. The molecule has 3 atom stereocenters. The van der Waals surface area contributed by atoms with Crippen molar-refractivity contribution in [2.45, 2.75) is 57.0 Å². The molecule has 182 valence electrons. The SMILES string of the molecule is COc1ccc2oc(=O)nc(N[C@@H](CC3CCCCC3)C(=O)NC3CC(C#N)CN(C)C3)c2c1. The molecular weight excluding hydrogens is 434 g/mol. The minimum atomic E-state index is -0.720. The maximum absolute atomic E-state index is 13.5. The molecule has 2 aromatic rings. The van der Waals surface area contributed by atoms with Crippen LogP contribution in [0.2, 0.25) is 0 Å². The zero-order valence-corrected chi connectivity index (χ0v) is 19.9. The van der Waals surface area contributed by atoms with Crippen LogP contribution < -0.4 is 21.1 Å². The maximum Gasteiger partial charge on any atom is 0.441 e. The van der Waals surface area contributed by atoms with Crippen LogP contribution in [-0.2, 0) is 4.79 Å². The van der Waals surface area contributed by atoms with Crippen LogP contribution >= 0.6 is 0 Å². The highest BCUT2D eigenvalue weighted by Crippen LogP contribution is 2.30. The zero-order valence-electron chi connectivity index (χ0n) is 19.9. The number of nitrogens with one attached hydrogen (secondary N) is 2. The van der Waals surface area contributed by atoms with Gasteiger partial charge in [0.15, 0.2) is 0 Å². The summed E-state index contributed by atoms with van der Waals surface area (Å²) in [5, 5.41) is 16.4. The summed E-state index contributed by atoms with van der Waals surface area (Å²) in [6.45, 7) is 1.41. The van der Waals surface area contributed by atoms with Crippen molar-refractivity contribution in [1.82, 2.24) is 15.2 Å². The number of carbonyl (C=O) groups excluding carboxylic acids is 1. The Hall–Kier alpha value is -3.12. The lowest BCUT2D eigenvalue weighted by Crippen LogP contribution is -2.53. The second-order valence-electron chi connectivity index (χ2n) is 9.62. The highest BCUT2D eigenvalue weighted by atomic mass is 16.5. The second-order valence-corrected chi connectivity index (χ2v) is 9.62. The fourth-order valence-electron chi connectivity index (χ4n) is 5.26. The predicted molar refractivity (Wildman–Crippen MR) is 129 cm³/mol. The van der Waals surface area contributed by atoms with Gasteiger partial charge in [-0.15, -0.1) is 0 Å². The Bertz CT molecular complexity index is 1100. The average Bonchev–Trinajstić information content (AvgIpc) is 2.83. The molecule has 2 N–H and O–H groups in total. The first-order valence-corrected chi connectivity index (χ1v) is 12.1. The molecule has 1 amide bonds. The quantitative estimate of drug-likeness (QED) is 0.638. The van der Waals surface area contributed by atoms with Crippen LogP contribution in [0.15, 0.2) is 27.4 Å². The van der Waals surface area contributed by atoms with Gasteiger partial charge in [-0.2, -0.15) is 10.2 Å². The normalized spacial score (nSPS) is 22.6. The average molecular weight is 468 g/mol. The summed E-state index contributed by atoms with van der Waals surface area (Å²) in [6.07, 6.45) is 7.04. The van der Waals surface area contributed by atoms with Crippen LogP contribution in [0.1, 0.15) is 44.9 Å². The van der Waals surface area contributed by atoms with Crippen molar-refractivity contribution < 1.29 is 13.9 Å². The first-order valence-electron chi connectivity index (χ1n) is 12.1. The Morgan fingerprint density at radius 3 is 2.85 bits per heavy atom. The van der Waals surface area contributed by atoms with Crippen molar-refractivity contribution in [1.29, 1.82) is 5.26 Å². The fourth-order valence-corrected chi connectivity index (χ4v) is 5.26. The number of likely N-dealkylation sites (tertiary alicyclic amines) is 1. The van der Waals surface area contributed by atoms with E-state index < -0.39 is 11.8 Å². The monoisotopic (exact) mass is 467 g/mol. The van der Waals surface area contributed by atoms with Gasteiger partial charge in [0.25, 0.3) is 0 Å². The Morgan fingerprint density at radius 1 is 1.32 bits per heavy atom. The molecule has 9 heteroatoms. The van der Waals surface area contributed by atoms with Crippen LogP contribution in [0.4, 0.5) is 5.82 Å².